The van der Waals surface area contributed by atoms with E-state index in [0.29, 0.717) is 19.0 Å². The highest BCUT2D eigenvalue weighted by atomic mass is 19.1. The molecule has 0 fully saturated rings. The monoisotopic (exact) mass is 267 g/mol. The highest BCUT2D eigenvalue weighted by molar-refractivity contribution is 5.95. The molecule has 0 aliphatic heterocycles. The second-order valence-corrected chi connectivity index (χ2v) is 4.58. The minimum atomic E-state index is -0.726. The Bertz CT molecular complexity index is 433. The Morgan fingerprint density at radius 1 is 1.42 bits per heavy atom. The second-order valence-electron chi connectivity index (χ2n) is 4.58. The predicted molar refractivity (Wildman–Crippen MR) is 74.3 cm³/mol. The molecule has 5 heteroatoms. The van der Waals surface area contributed by atoms with Crippen molar-refractivity contribution in [3.05, 3.63) is 23.6 Å². The van der Waals surface area contributed by atoms with Crippen molar-refractivity contribution in [1.29, 1.82) is 0 Å². The van der Waals surface area contributed by atoms with E-state index >= 15 is 0 Å². The number of carbonyl (C=O) groups excluding carboxylic acids is 1. The number of nitrogens with two attached hydrogens (primary N) is 1. The fourth-order valence-corrected chi connectivity index (χ4v) is 2.01. The van der Waals surface area contributed by atoms with Crippen LogP contribution in [0.5, 0.6) is 0 Å². The van der Waals surface area contributed by atoms with Gasteiger partial charge in [0.05, 0.1) is 5.56 Å². The SMILES string of the molecule is CCC(CC)CN(CC)C(=O)c1ccnc(N)c1F. The number of anilines is 1. The minimum Gasteiger partial charge on any atom is -0.381 e. The molecule has 4 nitrogen and oxygen atoms in total. The van der Waals surface area contributed by atoms with Crippen LogP contribution in [0, 0.1) is 11.7 Å². The van der Waals surface area contributed by atoms with E-state index in [4.69, 9.17) is 5.73 Å². The third kappa shape index (κ3) is 3.66. The zero-order valence-electron chi connectivity index (χ0n) is 11.8. The van der Waals surface area contributed by atoms with Gasteiger partial charge in [0.2, 0.25) is 0 Å². The lowest BCUT2D eigenvalue weighted by Gasteiger charge is -2.25. The van der Waals surface area contributed by atoms with E-state index in [-0.39, 0.29) is 17.3 Å². The van der Waals surface area contributed by atoms with Crippen molar-refractivity contribution >= 4 is 11.7 Å². The van der Waals surface area contributed by atoms with Gasteiger partial charge in [-0.1, -0.05) is 26.7 Å². The Labute approximate surface area is 113 Å². The van der Waals surface area contributed by atoms with E-state index in [1.807, 2.05) is 6.92 Å². The molecule has 1 amide bonds. The second kappa shape index (κ2) is 7.07. The van der Waals surface area contributed by atoms with Crippen molar-refractivity contribution in [3.63, 3.8) is 0 Å². The summed E-state index contributed by atoms with van der Waals surface area (Å²) < 4.78 is 13.8. The summed E-state index contributed by atoms with van der Waals surface area (Å²) in [5, 5.41) is 0. The van der Waals surface area contributed by atoms with Gasteiger partial charge in [0.15, 0.2) is 11.6 Å². The summed E-state index contributed by atoms with van der Waals surface area (Å²) in [5.74, 6) is -0.841. The van der Waals surface area contributed by atoms with E-state index in [2.05, 4.69) is 18.8 Å². The van der Waals surface area contributed by atoms with Crippen molar-refractivity contribution in [2.45, 2.75) is 33.6 Å². The topological polar surface area (TPSA) is 59.2 Å². The molecule has 2 N–H and O–H groups in total. The van der Waals surface area contributed by atoms with Gasteiger partial charge in [0.25, 0.3) is 5.91 Å². The molecule has 1 rings (SSSR count). The lowest BCUT2D eigenvalue weighted by molar-refractivity contribution is 0.0730. The number of carbonyl (C=O) groups is 1. The van der Waals surface area contributed by atoms with Crippen molar-refractivity contribution < 1.29 is 9.18 Å². The first-order valence-corrected chi connectivity index (χ1v) is 6.74. The molecule has 106 valence electrons. The number of halogens is 1. The number of hydrogen-bond donors (Lipinski definition) is 1. The summed E-state index contributed by atoms with van der Waals surface area (Å²) in [7, 11) is 0. The van der Waals surface area contributed by atoms with Crippen molar-refractivity contribution in [2.75, 3.05) is 18.8 Å². The van der Waals surface area contributed by atoms with Gasteiger partial charge in [-0.3, -0.25) is 4.79 Å². The standard InChI is InChI=1S/C14H22FN3O/c1-4-10(5-2)9-18(6-3)14(19)11-7-8-17-13(16)12(11)15/h7-8,10H,4-6,9H2,1-3H3,(H2,16,17). The van der Waals surface area contributed by atoms with Crippen LogP contribution in [0.25, 0.3) is 0 Å². The molecule has 0 aliphatic rings. The first-order valence-electron chi connectivity index (χ1n) is 6.74. The summed E-state index contributed by atoms with van der Waals surface area (Å²) in [4.78, 5) is 17.6. The fraction of sp³-hybridized carbons (Fsp3) is 0.571. The number of hydrogen-bond acceptors (Lipinski definition) is 3. The van der Waals surface area contributed by atoms with E-state index < -0.39 is 5.82 Å². The summed E-state index contributed by atoms with van der Waals surface area (Å²) in [5.41, 5.74) is 5.40. The smallest absolute Gasteiger partial charge is 0.257 e. The van der Waals surface area contributed by atoms with E-state index in [1.165, 1.54) is 12.3 Å². The zero-order valence-corrected chi connectivity index (χ0v) is 11.8. The van der Waals surface area contributed by atoms with Crippen LogP contribution < -0.4 is 5.73 Å². The van der Waals surface area contributed by atoms with Crippen molar-refractivity contribution in [3.8, 4) is 0 Å². The third-order valence-electron chi connectivity index (χ3n) is 3.45. The fourth-order valence-electron chi connectivity index (χ4n) is 2.01. The van der Waals surface area contributed by atoms with Crippen LogP contribution in [0.15, 0.2) is 12.3 Å². The van der Waals surface area contributed by atoms with Crippen LogP contribution in [0.1, 0.15) is 44.0 Å². The molecule has 1 aromatic heterocycles. The highest BCUT2D eigenvalue weighted by Crippen LogP contribution is 2.17. The Hall–Kier alpha value is -1.65. The van der Waals surface area contributed by atoms with Crippen LogP contribution in [0.4, 0.5) is 10.2 Å². The van der Waals surface area contributed by atoms with Gasteiger partial charge < -0.3 is 10.6 Å². The molecule has 19 heavy (non-hydrogen) atoms. The maximum atomic E-state index is 13.8. The highest BCUT2D eigenvalue weighted by Gasteiger charge is 2.21. The van der Waals surface area contributed by atoms with Gasteiger partial charge in [-0.25, -0.2) is 9.37 Å². The third-order valence-corrected chi connectivity index (χ3v) is 3.45. The summed E-state index contributed by atoms with van der Waals surface area (Å²) >= 11 is 0. The Balaban J connectivity index is 2.92. The normalized spacial score (nSPS) is 10.8. The van der Waals surface area contributed by atoms with Crippen LogP contribution in [-0.4, -0.2) is 28.9 Å². The molecule has 0 saturated heterocycles. The maximum Gasteiger partial charge on any atom is 0.257 e. The average Bonchev–Trinajstić information content (AvgIpc) is 2.43. The molecule has 0 unspecified atom stereocenters. The first kappa shape index (κ1) is 15.4. The van der Waals surface area contributed by atoms with Crippen molar-refractivity contribution in [1.82, 2.24) is 9.88 Å². The van der Waals surface area contributed by atoms with Gasteiger partial charge in [0.1, 0.15) is 0 Å². The predicted octanol–water partition coefficient (Wildman–Crippen LogP) is 2.70. The Morgan fingerprint density at radius 2 is 2.05 bits per heavy atom. The number of nitrogens with zero attached hydrogens (tertiary/aromatic N) is 2. The average molecular weight is 267 g/mol. The van der Waals surface area contributed by atoms with Crippen LogP contribution in [0.2, 0.25) is 0 Å². The van der Waals surface area contributed by atoms with Crippen molar-refractivity contribution in [2.24, 2.45) is 5.92 Å². The van der Waals surface area contributed by atoms with Gasteiger partial charge in [-0.2, -0.15) is 0 Å². The molecule has 0 aromatic carbocycles. The Morgan fingerprint density at radius 3 is 2.58 bits per heavy atom. The minimum absolute atomic E-state index is 0.000283. The molecule has 0 radical (unpaired) electrons. The zero-order chi connectivity index (χ0) is 14.4. The maximum absolute atomic E-state index is 13.8. The Kier molecular flexibility index (Phi) is 5.73. The molecule has 1 aromatic rings. The summed E-state index contributed by atoms with van der Waals surface area (Å²) in [6.45, 7) is 7.28. The number of rotatable bonds is 6. The molecule has 0 saturated carbocycles. The number of nitrogen functional groups attached to an aromatic ring is 1. The van der Waals surface area contributed by atoms with Gasteiger partial charge >= 0.3 is 0 Å². The lowest BCUT2D eigenvalue weighted by atomic mass is 10.0. The summed E-state index contributed by atoms with van der Waals surface area (Å²) in [6, 6.07) is 1.38. The lowest BCUT2D eigenvalue weighted by Crippen LogP contribution is -2.35. The van der Waals surface area contributed by atoms with Gasteiger partial charge in [-0.05, 0) is 18.9 Å². The number of amides is 1. The van der Waals surface area contributed by atoms with E-state index in [9.17, 15) is 9.18 Å². The van der Waals surface area contributed by atoms with Gasteiger partial charge in [0, 0.05) is 19.3 Å². The van der Waals surface area contributed by atoms with Crippen LogP contribution in [0.3, 0.4) is 0 Å². The number of aromatic nitrogens is 1. The molecule has 0 bridgehead atoms. The molecule has 1 heterocycles. The molecule has 0 atom stereocenters. The van der Waals surface area contributed by atoms with Crippen LogP contribution in [-0.2, 0) is 0 Å². The van der Waals surface area contributed by atoms with E-state index in [1.54, 1.807) is 4.90 Å². The van der Waals surface area contributed by atoms with Gasteiger partial charge in [-0.15, -0.1) is 0 Å². The number of pyridine rings is 1. The molecular weight excluding hydrogens is 245 g/mol. The van der Waals surface area contributed by atoms with E-state index in [0.717, 1.165) is 12.8 Å². The molecular formula is C14H22FN3O. The quantitative estimate of drug-likeness (QED) is 0.862. The largest absolute Gasteiger partial charge is 0.381 e. The summed E-state index contributed by atoms with van der Waals surface area (Å²) in [6.07, 6.45) is 3.36. The molecule has 0 spiro atoms. The molecule has 0 aliphatic carbocycles. The first-order chi connectivity index (χ1) is 9.04. The van der Waals surface area contributed by atoms with Crippen LogP contribution >= 0.6 is 0 Å².